The number of para-hydroxylation sites is 2. The van der Waals surface area contributed by atoms with Crippen LogP contribution in [-0.2, 0) is 6.54 Å². The summed E-state index contributed by atoms with van der Waals surface area (Å²) >= 11 is 7.29. The largest absolute Gasteiger partial charge is 0.454 e. The maximum atomic E-state index is 13.1. The fourth-order valence-corrected chi connectivity index (χ4v) is 3.82. The van der Waals surface area contributed by atoms with E-state index in [-0.39, 0.29) is 5.91 Å². The van der Waals surface area contributed by atoms with Gasteiger partial charge in [0.05, 0.1) is 17.8 Å². The van der Waals surface area contributed by atoms with Gasteiger partial charge in [-0.1, -0.05) is 23.7 Å². The average Bonchev–Trinajstić information content (AvgIpc) is 3.03. The van der Waals surface area contributed by atoms with E-state index in [1.54, 1.807) is 11.1 Å². The van der Waals surface area contributed by atoms with Crippen molar-refractivity contribution in [2.45, 2.75) is 13.5 Å². The molecule has 0 fully saturated rings. The lowest BCUT2D eigenvalue weighted by Gasteiger charge is -2.19. The summed E-state index contributed by atoms with van der Waals surface area (Å²) in [7, 11) is 0. The Morgan fingerprint density at radius 3 is 2.85 bits per heavy atom. The van der Waals surface area contributed by atoms with Crippen LogP contribution in [0.3, 0.4) is 0 Å². The number of hydrogen-bond acceptors (Lipinski definition) is 5. The second-order valence-electron chi connectivity index (χ2n) is 5.76. The van der Waals surface area contributed by atoms with Gasteiger partial charge in [0, 0.05) is 23.3 Å². The van der Waals surface area contributed by atoms with Gasteiger partial charge in [0.15, 0.2) is 10.2 Å². The lowest BCUT2D eigenvalue weighted by Crippen LogP contribution is -2.29. The van der Waals surface area contributed by atoms with Gasteiger partial charge in [-0.2, -0.15) is 0 Å². The molecule has 0 unspecified atom stereocenters. The molecular formula is C19H16ClN3O2S. The van der Waals surface area contributed by atoms with Crippen molar-refractivity contribution in [3.63, 3.8) is 0 Å². The Hall–Kier alpha value is -2.57. The molecule has 0 saturated heterocycles. The smallest absolute Gasteiger partial charge is 0.262 e. The maximum Gasteiger partial charge on any atom is 0.262 e. The van der Waals surface area contributed by atoms with Crippen LogP contribution in [0, 0.1) is 0 Å². The monoisotopic (exact) mass is 385 g/mol. The lowest BCUT2D eigenvalue weighted by atomic mass is 10.1. The molecular weight excluding hydrogens is 370 g/mol. The van der Waals surface area contributed by atoms with Crippen molar-refractivity contribution in [3.8, 4) is 11.5 Å². The van der Waals surface area contributed by atoms with Crippen molar-refractivity contribution in [1.82, 2.24) is 4.98 Å². The number of nitrogens with zero attached hydrogens (tertiary/aromatic N) is 2. The van der Waals surface area contributed by atoms with Crippen molar-refractivity contribution in [1.29, 1.82) is 0 Å². The van der Waals surface area contributed by atoms with Crippen molar-refractivity contribution in [3.05, 3.63) is 63.6 Å². The van der Waals surface area contributed by atoms with E-state index in [0.717, 1.165) is 16.3 Å². The van der Waals surface area contributed by atoms with Gasteiger partial charge in [-0.15, -0.1) is 11.3 Å². The third-order valence-electron chi connectivity index (χ3n) is 4.14. The fourth-order valence-electron chi connectivity index (χ4n) is 2.90. The highest BCUT2D eigenvalue weighted by Crippen LogP contribution is 2.39. The summed E-state index contributed by atoms with van der Waals surface area (Å²) in [5.41, 5.74) is 2.16. The number of nitrogens with one attached hydrogen (secondary N) is 1. The van der Waals surface area contributed by atoms with E-state index < -0.39 is 0 Å². The Bertz CT molecular complexity index is 973. The van der Waals surface area contributed by atoms with Gasteiger partial charge < -0.3 is 15.0 Å². The number of amides is 1. The maximum absolute atomic E-state index is 13.1. The van der Waals surface area contributed by atoms with Crippen molar-refractivity contribution in [2.75, 3.05) is 16.8 Å². The van der Waals surface area contributed by atoms with E-state index in [1.807, 2.05) is 49.4 Å². The van der Waals surface area contributed by atoms with Crippen LogP contribution >= 0.6 is 22.9 Å². The first kappa shape index (κ1) is 16.9. The van der Waals surface area contributed by atoms with Crippen molar-refractivity contribution >= 4 is 40.2 Å². The van der Waals surface area contributed by atoms with Crippen LogP contribution in [0.15, 0.2) is 48.7 Å². The predicted octanol–water partition coefficient (Wildman–Crippen LogP) is 5.18. The molecule has 26 heavy (non-hydrogen) atoms. The van der Waals surface area contributed by atoms with Gasteiger partial charge in [-0.05, 0) is 37.3 Å². The van der Waals surface area contributed by atoms with Crippen molar-refractivity contribution < 1.29 is 9.53 Å². The standard InChI is InChI=1S/C19H16ClN3O2S/c1-2-23-15-5-3-4-6-17(15)25-16-8-7-12(9-14(16)18(23)24)21-10-13-11-22-19(20)26-13/h3-9,11,21H,2,10H2,1H3. The number of aromatic nitrogens is 1. The SMILES string of the molecule is CCN1C(=O)c2cc(NCc3cnc(Cl)s3)ccc2Oc2ccccc21. The Kier molecular flexibility index (Phi) is 4.53. The van der Waals surface area contributed by atoms with E-state index in [2.05, 4.69) is 10.3 Å². The normalized spacial score (nSPS) is 12.8. The van der Waals surface area contributed by atoms with Crippen LogP contribution < -0.4 is 15.0 Å². The quantitative estimate of drug-likeness (QED) is 0.672. The number of hydrogen-bond donors (Lipinski definition) is 1. The highest BCUT2D eigenvalue weighted by Gasteiger charge is 2.27. The molecule has 0 spiro atoms. The zero-order valence-electron chi connectivity index (χ0n) is 14.0. The molecule has 2 aromatic carbocycles. The van der Waals surface area contributed by atoms with E-state index in [0.29, 0.717) is 34.6 Å². The zero-order valence-corrected chi connectivity index (χ0v) is 15.6. The molecule has 0 saturated carbocycles. The molecule has 1 aliphatic heterocycles. The van der Waals surface area contributed by atoms with Gasteiger partial charge in [0.25, 0.3) is 5.91 Å². The van der Waals surface area contributed by atoms with E-state index in [4.69, 9.17) is 16.3 Å². The minimum Gasteiger partial charge on any atom is -0.454 e. The van der Waals surface area contributed by atoms with Gasteiger partial charge >= 0.3 is 0 Å². The molecule has 3 aromatic rings. The summed E-state index contributed by atoms with van der Waals surface area (Å²) in [6.45, 7) is 3.11. The number of benzene rings is 2. The Balaban J connectivity index is 1.65. The Labute approximate surface area is 160 Å². The van der Waals surface area contributed by atoms with Gasteiger partial charge in [-0.3, -0.25) is 4.79 Å². The lowest BCUT2D eigenvalue weighted by molar-refractivity contribution is 0.0988. The predicted molar refractivity (Wildman–Crippen MR) is 105 cm³/mol. The minimum absolute atomic E-state index is 0.0723. The molecule has 1 N–H and O–H groups in total. The topological polar surface area (TPSA) is 54.5 Å². The summed E-state index contributed by atoms with van der Waals surface area (Å²) in [6, 6.07) is 13.1. The zero-order chi connectivity index (χ0) is 18.1. The Morgan fingerprint density at radius 1 is 1.23 bits per heavy atom. The van der Waals surface area contributed by atoms with Crippen LogP contribution in [0.5, 0.6) is 11.5 Å². The van der Waals surface area contributed by atoms with Crippen molar-refractivity contribution in [2.24, 2.45) is 0 Å². The van der Waals surface area contributed by atoms with E-state index in [1.165, 1.54) is 11.3 Å². The molecule has 1 aromatic heterocycles. The second-order valence-corrected chi connectivity index (χ2v) is 7.46. The number of halogens is 1. The summed E-state index contributed by atoms with van der Waals surface area (Å²) in [4.78, 5) is 19.8. The molecule has 0 aliphatic carbocycles. The summed E-state index contributed by atoms with van der Waals surface area (Å²) in [5.74, 6) is 1.17. The first-order valence-corrected chi connectivity index (χ1v) is 9.42. The molecule has 0 bridgehead atoms. The first-order chi connectivity index (χ1) is 12.7. The number of fused-ring (bicyclic) bond motifs is 2. The summed E-state index contributed by atoms with van der Waals surface area (Å²) in [6.07, 6.45) is 1.74. The number of anilines is 2. The first-order valence-electron chi connectivity index (χ1n) is 8.22. The summed E-state index contributed by atoms with van der Waals surface area (Å²) in [5, 5.41) is 3.30. The third-order valence-corrected chi connectivity index (χ3v) is 5.25. The van der Waals surface area contributed by atoms with E-state index in [9.17, 15) is 4.79 Å². The molecule has 5 nitrogen and oxygen atoms in total. The van der Waals surface area contributed by atoms with E-state index >= 15 is 0 Å². The number of carbonyl (C=O) groups is 1. The number of carbonyl (C=O) groups excluding carboxylic acids is 1. The van der Waals surface area contributed by atoms with Gasteiger partial charge in [-0.25, -0.2) is 4.98 Å². The van der Waals surface area contributed by atoms with Crippen LogP contribution in [0.1, 0.15) is 22.2 Å². The third kappa shape index (κ3) is 3.13. The fraction of sp³-hybridized carbons (Fsp3) is 0.158. The highest BCUT2D eigenvalue weighted by molar-refractivity contribution is 7.15. The van der Waals surface area contributed by atoms with Gasteiger partial charge in [0.2, 0.25) is 0 Å². The second kappa shape index (κ2) is 6.97. The number of rotatable bonds is 4. The molecule has 4 rings (SSSR count). The molecule has 0 atom stereocenters. The molecule has 132 valence electrons. The number of ether oxygens (including phenoxy) is 1. The summed E-state index contributed by atoms with van der Waals surface area (Å²) < 4.78 is 6.53. The average molecular weight is 386 g/mol. The molecule has 7 heteroatoms. The molecule has 1 amide bonds. The van der Waals surface area contributed by atoms with Crippen LogP contribution in [0.4, 0.5) is 11.4 Å². The molecule has 0 radical (unpaired) electrons. The van der Waals surface area contributed by atoms with Crippen LogP contribution in [0.2, 0.25) is 4.47 Å². The highest BCUT2D eigenvalue weighted by atomic mass is 35.5. The van der Waals surface area contributed by atoms with Gasteiger partial charge in [0.1, 0.15) is 5.75 Å². The van der Waals surface area contributed by atoms with Crippen LogP contribution in [-0.4, -0.2) is 17.4 Å². The molecule has 2 heterocycles. The van der Waals surface area contributed by atoms with Crippen LogP contribution in [0.25, 0.3) is 0 Å². The minimum atomic E-state index is -0.0723. The molecule has 1 aliphatic rings. The number of thiazole rings is 1. The Morgan fingerprint density at radius 2 is 2.08 bits per heavy atom.